The van der Waals surface area contributed by atoms with E-state index in [9.17, 15) is 9.18 Å². The number of rotatable bonds is 6. The van der Waals surface area contributed by atoms with Crippen LogP contribution in [0.2, 0.25) is 5.02 Å². The second-order valence-corrected chi connectivity index (χ2v) is 6.28. The summed E-state index contributed by atoms with van der Waals surface area (Å²) in [6.07, 6.45) is 0. The van der Waals surface area contributed by atoms with Gasteiger partial charge in [0.25, 0.3) is 5.91 Å². The van der Waals surface area contributed by atoms with Gasteiger partial charge in [0.2, 0.25) is 0 Å². The highest BCUT2D eigenvalue weighted by Gasteiger charge is 2.14. The number of nitrogens with one attached hydrogen (secondary N) is 1. The van der Waals surface area contributed by atoms with Crippen LogP contribution in [0.4, 0.5) is 4.39 Å². The molecule has 2 rings (SSSR count). The Kier molecular flexibility index (Phi) is 6.26. The minimum Gasteiger partial charge on any atom is -0.494 e. The number of amides is 1. The number of carbonyl (C=O) groups excluding carboxylic acids is 1. The Morgan fingerprint density at radius 3 is 2.44 bits per heavy atom. The first-order valence-corrected chi connectivity index (χ1v) is 8.22. The first-order valence-electron chi connectivity index (χ1n) is 7.84. The molecule has 0 heterocycles. The van der Waals surface area contributed by atoms with Crippen molar-refractivity contribution in [1.82, 2.24) is 5.32 Å². The third-order valence-corrected chi connectivity index (χ3v) is 4.04. The Balaban J connectivity index is 1.97. The first kappa shape index (κ1) is 19.1. The maximum absolute atomic E-state index is 13.8. The van der Waals surface area contributed by atoms with Crippen molar-refractivity contribution < 1.29 is 18.7 Å². The van der Waals surface area contributed by atoms with Gasteiger partial charge in [-0.05, 0) is 61.7 Å². The summed E-state index contributed by atoms with van der Waals surface area (Å²) in [5.41, 5.74) is 2.37. The number of ether oxygens (including phenoxy) is 2. The zero-order valence-electron chi connectivity index (χ0n) is 14.7. The van der Waals surface area contributed by atoms with Crippen molar-refractivity contribution in [3.63, 3.8) is 0 Å². The lowest BCUT2D eigenvalue weighted by atomic mass is 10.1. The summed E-state index contributed by atoms with van der Waals surface area (Å²) in [4.78, 5) is 12.1. The van der Waals surface area contributed by atoms with Crippen LogP contribution in [-0.4, -0.2) is 19.6 Å². The molecule has 1 amide bonds. The molecule has 0 bridgehead atoms. The zero-order valence-corrected chi connectivity index (χ0v) is 15.4. The van der Waals surface area contributed by atoms with E-state index in [1.807, 2.05) is 13.8 Å². The second kappa shape index (κ2) is 8.21. The molecule has 2 aromatic rings. The van der Waals surface area contributed by atoms with Crippen molar-refractivity contribution in [2.75, 3.05) is 13.7 Å². The number of carbonyl (C=O) groups is 1. The van der Waals surface area contributed by atoms with E-state index >= 15 is 0 Å². The molecule has 0 aromatic heterocycles. The van der Waals surface area contributed by atoms with Crippen LogP contribution in [0.3, 0.4) is 0 Å². The fourth-order valence-corrected chi connectivity index (χ4v) is 2.91. The highest BCUT2D eigenvalue weighted by Crippen LogP contribution is 2.27. The average molecular weight is 366 g/mol. The van der Waals surface area contributed by atoms with Gasteiger partial charge in [-0.15, -0.1) is 0 Å². The van der Waals surface area contributed by atoms with Gasteiger partial charge < -0.3 is 14.8 Å². The van der Waals surface area contributed by atoms with Crippen molar-refractivity contribution in [3.8, 4) is 11.5 Å². The van der Waals surface area contributed by atoms with Crippen molar-refractivity contribution >= 4 is 17.5 Å². The van der Waals surface area contributed by atoms with Gasteiger partial charge in [0.15, 0.2) is 18.2 Å². The molecule has 1 atom stereocenters. The first-order chi connectivity index (χ1) is 11.8. The van der Waals surface area contributed by atoms with Crippen LogP contribution in [0.5, 0.6) is 11.5 Å². The summed E-state index contributed by atoms with van der Waals surface area (Å²) in [5, 5.41) is 3.41. The number of benzene rings is 2. The molecule has 134 valence electrons. The Hall–Kier alpha value is -2.27. The average Bonchev–Trinajstić information content (AvgIpc) is 2.53. The minimum absolute atomic E-state index is 0.133. The van der Waals surface area contributed by atoms with Crippen LogP contribution >= 0.6 is 11.6 Å². The zero-order chi connectivity index (χ0) is 18.6. The van der Waals surface area contributed by atoms with E-state index < -0.39 is 5.82 Å². The number of hydrogen-bond donors (Lipinski definition) is 1. The van der Waals surface area contributed by atoms with Crippen LogP contribution in [-0.2, 0) is 4.79 Å². The van der Waals surface area contributed by atoms with Gasteiger partial charge in [0.05, 0.1) is 13.2 Å². The topological polar surface area (TPSA) is 47.6 Å². The predicted molar refractivity (Wildman–Crippen MR) is 95.9 cm³/mol. The smallest absolute Gasteiger partial charge is 0.258 e. The summed E-state index contributed by atoms with van der Waals surface area (Å²) in [7, 11) is 1.40. The van der Waals surface area contributed by atoms with Crippen LogP contribution in [0.25, 0.3) is 0 Å². The van der Waals surface area contributed by atoms with Gasteiger partial charge in [0, 0.05) is 5.02 Å². The molecule has 0 saturated carbocycles. The van der Waals surface area contributed by atoms with Gasteiger partial charge in [0.1, 0.15) is 5.75 Å². The fraction of sp³-hybridized carbons (Fsp3) is 0.316. The summed E-state index contributed by atoms with van der Waals surface area (Å²) in [5.74, 6) is 0.0456. The van der Waals surface area contributed by atoms with Crippen molar-refractivity contribution in [3.05, 3.63) is 57.9 Å². The van der Waals surface area contributed by atoms with Crippen LogP contribution in [0.15, 0.2) is 30.3 Å². The van der Waals surface area contributed by atoms with Crippen LogP contribution in [0, 0.1) is 19.7 Å². The lowest BCUT2D eigenvalue weighted by molar-refractivity contribution is -0.123. The van der Waals surface area contributed by atoms with E-state index in [4.69, 9.17) is 21.1 Å². The summed E-state index contributed by atoms with van der Waals surface area (Å²) >= 11 is 5.98. The van der Waals surface area contributed by atoms with Crippen molar-refractivity contribution in [2.24, 2.45) is 0 Å². The molecule has 6 heteroatoms. The molecule has 2 aromatic carbocycles. The van der Waals surface area contributed by atoms with Crippen molar-refractivity contribution in [2.45, 2.75) is 26.8 Å². The molecular weight excluding hydrogens is 345 g/mol. The Bertz CT molecular complexity index is 756. The molecular formula is C19H21ClFNO3. The molecule has 0 unspecified atom stereocenters. The quantitative estimate of drug-likeness (QED) is 0.827. The highest BCUT2D eigenvalue weighted by atomic mass is 35.5. The maximum Gasteiger partial charge on any atom is 0.258 e. The molecule has 0 aliphatic carbocycles. The summed E-state index contributed by atoms with van der Waals surface area (Å²) in [6, 6.07) is 7.79. The van der Waals surface area contributed by atoms with Crippen LogP contribution < -0.4 is 14.8 Å². The van der Waals surface area contributed by atoms with Gasteiger partial charge in [-0.2, -0.15) is 0 Å². The Labute approximate surface area is 151 Å². The van der Waals surface area contributed by atoms with E-state index in [0.29, 0.717) is 16.3 Å². The number of hydrogen-bond acceptors (Lipinski definition) is 3. The van der Waals surface area contributed by atoms with E-state index in [1.54, 1.807) is 25.1 Å². The fourth-order valence-electron chi connectivity index (χ4n) is 2.58. The molecule has 0 radical (unpaired) electrons. The molecule has 0 spiro atoms. The minimum atomic E-state index is -0.468. The number of aryl methyl sites for hydroxylation is 2. The third kappa shape index (κ3) is 4.86. The molecule has 0 aliphatic rings. The van der Waals surface area contributed by atoms with Gasteiger partial charge in [-0.25, -0.2) is 4.39 Å². The van der Waals surface area contributed by atoms with E-state index in [1.165, 1.54) is 19.2 Å². The molecule has 0 fully saturated rings. The molecule has 4 nitrogen and oxygen atoms in total. The Morgan fingerprint density at radius 1 is 1.24 bits per heavy atom. The molecule has 1 N–H and O–H groups in total. The normalized spacial score (nSPS) is 11.8. The molecule has 25 heavy (non-hydrogen) atoms. The SMILES string of the molecule is COc1ccc([C@@H](C)NC(=O)COc2c(C)cc(Cl)cc2C)cc1F. The molecule has 0 saturated heterocycles. The number of methoxy groups -OCH3 is 1. The van der Waals surface area contributed by atoms with Crippen LogP contribution in [0.1, 0.15) is 29.7 Å². The van der Waals surface area contributed by atoms with Crippen molar-refractivity contribution in [1.29, 1.82) is 0 Å². The summed E-state index contributed by atoms with van der Waals surface area (Å²) in [6.45, 7) is 5.38. The van der Waals surface area contributed by atoms with Gasteiger partial charge in [-0.1, -0.05) is 17.7 Å². The lowest BCUT2D eigenvalue weighted by Crippen LogP contribution is -2.31. The van der Waals surface area contributed by atoms with Gasteiger partial charge >= 0.3 is 0 Å². The predicted octanol–water partition coefficient (Wildman–Crippen LogP) is 4.36. The van der Waals surface area contributed by atoms with E-state index in [-0.39, 0.29) is 24.3 Å². The molecule has 0 aliphatic heterocycles. The maximum atomic E-state index is 13.8. The standard InChI is InChI=1S/C19H21ClFNO3/c1-11-7-15(20)8-12(2)19(11)25-10-18(23)22-13(3)14-5-6-17(24-4)16(21)9-14/h5-9,13H,10H2,1-4H3,(H,22,23)/t13-/m1/s1. The van der Waals surface area contributed by atoms with Gasteiger partial charge in [-0.3, -0.25) is 4.79 Å². The highest BCUT2D eigenvalue weighted by molar-refractivity contribution is 6.30. The van der Waals surface area contributed by atoms with E-state index in [2.05, 4.69) is 5.32 Å². The third-order valence-electron chi connectivity index (χ3n) is 3.83. The van der Waals surface area contributed by atoms with E-state index in [0.717, 1.165) is 11.1 Å². The monoisotopic (exact) mass is 365 g/mol. The number of halogens is 2. The summed E-state index contributed by atoms with van der Waals surface area (Å²) < 4.78 is 24.3. The Morgan fingerprint density at radius 2 is 1.88 bits per heavy atom. The lowest BCUT2D eigenvalue weighted by Gasteiger charge is -2.17. The second-order valence-electron chi connectivity index (χ2n) is 5.84. The largest absolute Gasteiger partial charge is 0.494 e.